The lowest BCUT2D eigenvalue weighted by Crippen LogP contribution is -2.35. The molecule has 14 heavy (non-hydrogen) atoms. The van der Waals surface area contributed by atoms with Crippen molar-refractivity contribution in [2.45, 2.75) is 32.5 Å². The molecule has 0 aliphatic carbocycles. The summed E-state index contributed by atoms with van der Waals surface area (Å²) < 4.78 is 5.15. The first-order chi connectivity index (χ1) is 6.29. The van der Waals surface area contributed by atoms with Gasteiger partial charge in [0.1, 0.15) is 5.60 Å². The van der Waals surface area contributed by atoms with E-state index in [0.717, 1.165) is 0 Å². The lowest BCUT2D eigenvalue weighted by atomic mass is 10.2. The lowest BCUT2D eigenvalue weighted by molar-refractivity contribution is 0.0270. The van der Waals surface area contributed by atoms with Gasteiger partial charge < -0.3 is 14.7 Å². The van der Waals surface area contributed by atoms with Gasteiger partial charge in [0.05, 0.1) is 12.6 Å². The summed E-state index contributed by atoms with van der Waals surface area (Å²) in [5.41, 5.74) is 0.169. The number of likely N-dealkylation sites (tertiary alicyclic amines) is 1. The zero-order valence-corrected chi connectivity index (χ0v) is 8.91. The molecule has 1 amide bonds. The first-order valence-corrected chi connectivity index (χ1v) is 4.63. The van der Waals surface area contributed by atoms with Gasteiger partial charge in [-0.1, -0.05) is 6.58 Å². The molecule has 0 aromatic heterocycles. The fourth-order valence-electron chi connectivity index (χ4n) is 1.22. The van der Waals surface area contributed by atoms with Gasteiger partial charge in [-0.3, -0.25) is 0 Å². The Bertz CT molecular complexity index is 255. The van der Waals surface area contributed by atoms with Gasteiger partial charge >= 0.3 is 6.09 Å². The zero-order valence-electron chi connectivity index (χ0n) is 8.91. The predicted octanol–water partition coefficient (Wildman–Crippen LogP) is 1.15. The number of hydrogen-bond donors (Lipinski definition) is 1. The normalized spacial score (nSPS) is 22.7. The molecule has 0 aromatic carbocycles. The molecule has 0 radical (unpaired) electrons. The van der Waals surface area contributed by atoms with E-state index in [0.29, 0.717) is 12.1 Å². The second kappa shape index (κ2) is 3.61. The second-order valence-corrected chi connectivity index (χ2v) is 4.53. The fraction of sp³-hybridized carbons (Fsp3) is 0.700. The summed E-state index contributed by atoms with van der Waals surface area (Å²) in [5, 5.41) is 9.37. The highest BCUT2D eigenvalue weighted by molar-refractivity contribution is 5.69. The van der Waals surface area contributed by atoms with Crippen LogP contribution in [0.3, 0.4) is 0 Å². The van der Waals surface area contributed by atoms with Crippen LogP contribution in [-0.4, -0.2) is 40.9 Å². The molecule has 1 aliphatic rings. The Kier molecular flexibility index (Phi) is 2.85. The smallest absolute Gasteiger partial charge is 0.410 e. The van der Waals surface area contributed by atoms with Crippen molar-refractivity contribution >= 4 is 6.09 Å². The summed E-state index contributed by atoms with van der Waals surface area (Å²) >= 11 is 0. The van der Waals surface area contributed by atoms with E-state index in [-0.39, 0.29) is 6.54 Å². The van der Waals surface area contributed by atoms with Gasteiger partial charge in [0, 0.05) is 6.54 Å². The van der Waals surface area contributed by atoms with Crippen LogP contribution in [0.1, 0.15) is 20.8 Å². The number of hydrogen-bond acceptors (Lipinski definition) is 3. The van der Waals surface area contributed by atoms with Gasteiger partial charge in [-0.25, -0.2) is 4.79 Å². The molecule has 1 saturated heterocycles. The number of β-amino-alcohol motifs (C(OH)–C–C–N with tert-alkyl or cyclic N) is 1. The fourth-order valence-corrected chi connectivity index (χ4v) is 1.22. The lowest BCUT2D eigenvalue weighted by Gasteiger charge is -2.23. The standard InChI is InChI=1S/C10H17NO3/c1-7-5-11(6-8(7)12)9(13)14-10(2,3)4/h8,12H,1,5-6H2,2-4H3/t8-/m1/s1. The van der Waals surface area contributed by atoms with Crippen LogP contribution < -0.4 is 0 Å². The maximum atomic E-state index is 11.5. The number of aliphatic hydroxyl groups excluding tert-OH is 1. The van der Waals surface area contributed by atoms with Gasteiger partial charge in [0.25, 0.3) is 0 Å². The molecule has 1 heterocycles. The molecule has 4 nitrogen and oxygen atoms in total. The molecule has 0 bridgehead atoms. The van der Waals surface area contributed by atoms with E-state index in [1.165, 1.54) is 4.90 Å². The van der Waals surface area contributed by atoms with E-state index in [1.54, 1.807) is 0 Å². The monoisotopic (exact) mass is 199 g/mol. The third kappa shape index (κ3) is 2.73. The minimum Gasteiger partial charge on any atom is -0.444 e. The van der Waals surface area contributed by atoms with Gasteiger partial charge in [-0.05, 0) is 26.3 Å². The van der Waals surface area contributed by atoms with Crippen molar-refractivity contribution in [1.82, 2.24) is 4.90 Å². The third-order valence-corrected chi connectivity index (χ3v) is 1.91. The van der Waals surface area contributed by atoms with Crippen LogP contribution in [0, 0.1) is 0 Å². The Labute approximate surface area is 84.2 Å². The Morgan fingerprint density at radius 1 is 1.64 bits per heavy atom. The van der Waals surface area contributed by atoms with E-state index in [4.69, 9.17) is 4.74 Å². The molecule has 4 heteroatoms. The van der Waals surface area contributed by atoms with E-state index in [9.17, 15) is 9.90 Å². The Hall–Kier alpha value is -1.03. The highest BCUT2D eigenvalue weighted by Gasteiger charge is 2.30. The van der Waals surface area contributed by atoms with Crippen LogP contribution in [0.2, 0.25) is 0 Å². The molecule has 0 unspecified atom stereocenters. The van der Waals surface area contributed by atoms with Crippen LogP contribution in [0.25, 0.3) is 0 Å². The molecule has 0 aromatic rings. The molecular formula is C10H17NO3. The summed E-state index contributed by atoms with van der Waals surface area (Å²) in [6.45, 7) is 9.77. The van der Waals surface area contributed by atoms with Crippen molar-refractivity contribution in [2.75, 3.05) is 13.1 Å². The number of carbonyl (C=O) groups is 1. The van der Waals surface area contributed by atoms with Crippen LogP contribution in [0.4, 0.5) is 4.79 Å². The largest absolute Gasteiger partial charge is 0.444 e. The quantitative estimate of drug-likeness (QED) is 0.595. The van der Waals surface area contributed by atoms with E-state index < -0.39 is 17.8 Å². The molecule has 80 valence electrons. The summed E-state index contributed by atoms with van der Waals surface area (Å²) in [5.74, 6) is 0. The van der Waals surface area contributed by atoms with Crippen LogP contribution in [-0.2, 0) is 4.74 Å². The van der Waals surface area contributed by atoms with E-state index in [1.807, 2.05) is 20.8 Å². The number of nitrogens with zero attached hydrogens (tertiary/aromatic N) is 1. The molecule has 1 N–H and O–H groups in total. The minimum absolute atomic E-state index is 0.285. The summed E-state index contributed by atoms with van der Waals surface area (Å²) in [4.78, 5) is 13.0. The van der Waals surface area contributed by atoms with Crippen molar-refractivity contribution in [3.63, 3.8) is 0 Å². The van der Waals surface area contributed by atoms with Crippen molar-refractivity contribution in [3.8, 4) is 0 Å². The van der Waals surface area contributed by atoms with Crippen LogP contribution >= 0.6 is 0 Å². The van der Waals surface area contributed by atoms with Crippen molar-refractivity contribution in [2.24, 2.45) is 0 Å². The average Bonchev–Trinajstić information content (AvgIpc) is 2.28. The second-order valence-electron chi connectivity index (χ2n) is 4.53. The molecule has 0 saturated carbocycles. The SMILES string of the molecule is C=C1CN(C(=O)OC(C)(C)C)C[C@H]1O. The van der Waals surface area contributed by atoms with Gasteiger partial charge in [-0.15, -0.1) is 0 Å². The number of carbonyl (C=O) groups excluding carboxylic acids is 1. The zero-order chi connectivity index (χ0) is 10.9. The summed E-state index contributed by atoms with van der Waals surface area (Å²) in [6, 6.07) is 0. The summed E-state index contributed by atoms with van der Waals surface area (Å²) in [6.07, 6.45) is -1.00. The maximum Gasteiger partial charge on any atom is 0.410 e. The molecule has 1 atom stereocenters. The van der Waals surface area contributed by atoms with Crippen LogP contribution in [0.15, 0.2) is 12.2 Å². The summed E-state index contributed by atoms with van der Waals surface area (Å²) in [7, 11) is 0. The Morgan fingerprint density at radius 3 is 2.57 bits per heavy atom. The van der Waals surface area contributed by atoms with Crippen molar-refractivity contribution in [3.05, 3.63) is 12.2 Å². The predicted molar refractivity (Wildman–Crippen MR) is 53.0 cm³/mol. The van der Waals surface area contributed by atoms with Crippen LogP contribution in [0.5, 0.6) is 0 Å². The first kappa shape index (κ1) is 11.0. The molecule has 1 rings (SSSR count). The molecular weight excluding hydrogens is 182 g/mol. The first-order valence-electron chi connectivity index (χ1n) is 4.63. The molecule has 0 spiro atoms. The van der Waals surface area contributed by atoms with E-state index in [2.05, 4.69) is 6.58 Å². The minimum atomic E-state index is -0.609. The number of amides is 1. The van der Waals surface area contributed by atoms with Gasteiger partial charge in [-0.2, -0.15) is 0 Å². The van der Waals surface area contributed by atoms with Crippen molar-refractivity contribution in [1.29, 1.82) is 0 Å². The average molecular weight is 199 g/mol. The Balaban J connectivity index is 2.52. The Morgan fingerprint density at radius 2 is 2.21 bits per heavy atom. The highest BCUT2D eigenvalue weighted by Crippen LogP contribution is 2.17. The highest BCUT2D eigenvalue weighted by atomic mass is 16.6. The third-order valence-electron chi connectivity index (χ3n) is 1.91. The molecule has 1 aliphatic heterocycles. The molecule has 1 fully saturated rings. The maximum absolute atomic E-state index is 11.5. The van der Waals surface area contributed by atoms with Gasteiger partial charge in [0.2, 0.25) is 0 Å². The van der Waals surface area contributed by atoms with E-state index >= 15 is 0 Å². The topological polar surface area (TPSA) is 49.8 Å². The number of ether oxygens (including phenoxy) is 1. The number of rotatable bonds is 0. The van der Waals surface area contributed by atoms with Gasteiger partial charge in [0.15, 0.2) is 0 Å². The number of aliphatic hydroxyl groups is 1. The van der Waals surface area contributed by atoms with Crippen molar-refractivity contribution < 1.29 is 14.6 Å².